The number of rotatable bonds is 0. The first kappa shape index (κ1) is 9.80. The molecule has 4 nitrogen and oxygen atoms in total. The van der Waals surface area contributed by atoms with Crippen molar-refractivity contribution in [2.24, 2.45) is 11.6 Å². The summed E-state index contributed by atoms with van der Waals surface area (Å²) in [4.78, 5) is 3.78. The molecule has 0 spiro atoms. The predicted molar refractivity (Wildman–Crippen MR) is 48.3 cm³/mol. The highest BCUT2D eigenvalue weighted by molar-refractivity contribution is 7.80. The van der Waals surface area contributed by atoms with Crippen LogP contribution in [-0.4, -0.2) is 10.1 Å². The van der Waals surface area contributed by atoms with E-state index in [1.54, 1.807) is 12.4 Å². The van der Waals surface area contributed by atoms with E-state index in [0.717, 1.165) is 0 Å². The van der Waals surface area contributed by atoms with E-state index < -0.39 is 0 Å². The first-order valence-electron chi connectivity index (χ1n) is 2.88. The number of pyridine rings is 1. The van der Waals surface area contributed by atoms with Crippen LogP contribution in [0.1, 0.15) is 0 Å². The maximum Gasteiger partial charge on any atom is 0.177 e. The van der Waals surface area contributed by atoms with Crippen LogP contribution in [0.4, 0.5) is 0 Å². The molecule has 0 fully saturated rings. The standard InChI is InChI=1S/C5H5N.CH5N3S/c1-2-4-6-5-3-1;2-1(5)4-3/h1-5H;3H2,(H3,2,4,5). The second kappa shape index (κ2) is 6.91. The number of hydrogen-bond donors (Lipinski definition) is 3. The lowest BCUT2D eigenvalue weighted by atomic mass is 10.5. The molecule has 0 unspecified atom stereocenters. The number of nitrogens with one attached hydrogen (secondary N) is 1. The van der Waals surface area contributed by atoms with Crippen molar-refractivity contribution in [3.8, 4) is 0 Å². The van der Waals surface area contributed by atoms with Crippen LogP contribution in [0.25, 0.3) is 0 Å². The fourth-order valence-corrected chi connectivity index (χ4v) is 0.313. The van der Waals surface area contributed by atoms with Gasteiger partial charge in [-0.2, -0.15) is 0 Å². The Hall–Kier alpha value is -1.20. The zero-order valence-corrected chi connectivity index (χ0v) is 6.71. The van der Waals surface area contributed by atoms with Crippen molar-refractivity contribution in [3.63, 3.8) is 0 Å². The Labute approximate surface area is 70.6 Å². The number of aromatic nitrogens is 1. The van der Waals surface area contributed by atoms with Gasteiger partial charge >= 0.3 is 0 Å². The summed E-state index contributed by atoms with van der Waals surface area (Å²) in [6.45, 7) is 0. The molecule has 0 saturated heterocycles. The van der Waals surface area contributed by atoms with Crippen molar-refractivity contribution in [1.82, 2.24) is 10.4 Å². The lowest BCUT2D eigenvalue weighted by Gasteiger charge is -1.85. The smallest absolute Gasteiger partial charge is 0.177 e. The van der Waals surface area contributed by atoms with Gasteiger partial charge in [0.15, 0.2) is 5.11 Å². The van der Waals surface area contributed by atoms with Crippen LogP contribution in [0.2, 0.25) is 0 Å². The van der Waals surface area contributed by atoms with Gasteiger partial charge < -0.3 is 11.2 Å². The van der Waals surface area contributed by atoms with Crippen LogP contribution in [0, 0.1) is 0 Å². The van der Waals surface area contributed by atoms with Gasteiger partial charge in [-0.15, -0.1) is 0 Å². The van der Waals surface area contributed by atoms with Crippen molar-refractivity contribution in [2.45, 2.75) is 0 Å². The molecular formula is C6H10N4S. The number of hydrazine groups is 1. The van der Waals surface area contributed by atoms with Crippen LogP contribution in [0.15, 0.2) is 30.6 Å². The summed E-state index contributed by atoms with van der Waals surface area (Å²) < 4.78 is 0. The molecule has 0 saturated carbocycles. The van der Waals surface area contributed by atoms with Gasteiger partial charge in [0, 0.05) is 12.4 Å². The molecule has 0 aromatic carbocycles. The summed E-state index contributed by atoms with van der Waals surface area (Å²) in [5.41, 5.74) is 6.82. The average molecular weight is 170 g/mol. The van der Waals surface area contributed by atoms with E-state index in [1.807, 2.05) is 23.6 Å². The second-order valence-corrected chi connectivity index (χ2v) is 1.97. The molecule has 0 aliphatic carbocycles. The molecule has 0 aliphatic heterocycles. The van der Waals surface area contributed by atoms with E-state index in [2.05, 4.69) is 23.0 Å². The molecule has 5 heteroatoms. The highest BCUT2D eigenvalue weighted by Crippen LogP contribution is 1.73. The van der Waals surface area contributed by atoms with Crippen LogP contribution in [0.5, 0.6) is 0 Å². The summed E-state index contributed by atoms with van der Waals surface area (Å²) in [7, 11) is 0. The first-order valence-corrected chi connectivity index (χ1v) is 3.29. The quantitative estimate of drug-likeness (QED) is 0.285. The first-order chi connectivity index (χ1) is 5.27. The van der Waals surface area contributed by atoms with Gasteiger partial charge in [-0.05, 0) is 24.4 Å². The van der Waals surface area contributed by atoms with Crippen molar-refractivity contribution in [2.75, 3.05) is 0 Å². The van der Waals surface area contributed by atoms with Crippen molar-refractivity contribution in [1.29, 1.82) is 0 Å². The highest BCUT2D eigenvalue weighted by Gasteiger charge is 1.66. The number of hydrogen-bond acceptors (Lipinski definition) is 3. The van der Waals surface area contributed by atoms with E-state index in [-0.39, 0.29) is 5.11 Å². The van der Waals surface area contributed by atoms with Crippen LogP contribution in [0.3, 0.4) is 0 Å². The SMILES string of the molecule is NNC(N)=S.c1ccncc1. The average Bonchev–Trinajstić information content (AvgIpc) is 2.09. The molecule has 0 amide bonds. The molecular weight excluding hydrogens is 160 g/mol. The topological polar surface area (TPSA) is 77.0 Å². The van der Waals surface area contributed by atoms with Crippen molar-refractivity contribution >= 4 is 17.3 Å². The third-order valence-corrected chi connectivity index (χ3v) is 0.827. The summed E-state index contributed by atoms with van der Waals surface area (Å²) in [5, 5.41) is 0.116. The zero-order chi connectivity index (χ0) is 8.53. The van der Waals surface area contributed by atoms with Crippen LogP contribution in [-0.2, 0) is 0 Å². The third-order valence-electron chi connectivity index (χ3n) is 0.709. The van der Waals surface area contributed by atoms with Gasteiger partial charge in [0.25, 0.3) is 0 Å². The number of nitrogens with zero attached hydrogens (tertiary/aromatic N) is 1. The summed E-state index contributed by atoms with van der Waals surface area (Å²) in [6, 6.07) is 5.72. The molecule has 60 valence electrons. The largest absolute Gasteiger partial charge is 0.375 e. The molecule has 0 atom stereocenters. The Morgan fingerprint density at radius 3 is 1.82 bits per heavy atom. The van der Waals surface area contributed by atoms with Gasteiger partial charge in [0.1, 0.15) is 0 Å². The highest BCUT2D eigenvalue weighted by atomic mass is 32.1. The molecule has 0 radical (unpaired) electrons. The summed E-state index contributed by atoms with van der Waals surface area (Å²) >= 11 is 4.24. The Balaban J connectivity index is 0.000000187. The Bertz CT molecular complexity index is 162. The molecule has 1 heterocycles. The van der Waals surface area contributed by atoms with Gasteiger partial charge in [-0.3, -0.25) is 4.98 Å². The predicted octanol–water partition coefficient (Wildman–Crippen LogP) is -0.225. The molecule has 1 rings (SSSR count). The molecule has 1 aromatic rings. The minimum absolute atomic E-state index is 0.116. The van der Waals surface area contributed by atoms with Crippen LogP contribution < -0.4 is 17.0 Å². The lowest BCUT2D eigenvalue weighted by Crippen LogP contribution is -2.34. The van der Waals surface area contributed by atoms with Gasteiger partial charge in [-0.25, -0.2) is 5.84 Å². The zero-order valence-electron chi connectivity index (χ0n) is 5.90. The fourth-order valence-electron chi connectivity index (χ4n) is 0.313. The number of thiocarbonyl (C=S) groups is 1. The van der Waals surface area contributed by atoms with Gasteiger partial charge in [0.05, 0.1) is 0 Å². The maximum atomic E-state index is 4.79. The minimum Gasteiger partial charge on any atom is -0.375 e. The normalized spacial score (nSPS) is 7.36. The summed E-state index contributed by atoms with van der Waals surface area (Å²) in [5.74, 6) is 4.66. The molecule has 0 bridgehead atoms. The number of nitrogens with two attached hydrogens (primary N) is 2. The Morgan fingerprint density at radius 2 is 1.73 bits per heavy atom. The Morgan fingerprint density at radius 1 is 1.27 bits per heavy atom. The Kier molecular flexibility index (Phi) is 6.16. The van der Waals surface area contributed by atoms with E-state index in [1.165, 1.54) is 0 Å². The summed E-state index contributed by atoms with van der Waals surface area (Å²) in [6.07, 6.45) is 3.50. The molecule has 11 heavy (non-hydrogen) atoms. The van der Waals surface area contributed by atoms with Crippen molar-refractivity contribution < 1.29 is 0 Å². The van der Waals surface area contributed by atoms with Crippen LogP contribution >= 0.6 is 12.2 Å². The molecule has 5 N–H and O–H groups in total. The van der Waals surface area contributed by atoms with E-state index in [4.69, 9.17) is 5.73 Å². The van der Waals surface area contributed by atoms with Gasteiger partial charge in [-0.1, -0.05) is 6.07 Å². The van der Waals surface area contributed by atoms with E-state index in [9.17, 15) is 0 Å². The minimum atomic E-state index is 0.116. The third kappa shape index (κ3) is 8.80. The maximum absolute atomic E-state index is 4.79. The molecule has 1 aromatic heterocycles. The lowest BCUT2D eigenvalue weighted by molar-refractivity contribution is 1.03. The van der Waals surface area contributed by atoms with E-state index >= 15 is 0 Å². The van der Waals surface area contributed by atoms with E-state index in [0.29, 0.717) is 0 Å². The van der Waals surface area contributed by atoms with Crippen molar-refractivity contribution in [3.05, 3.63) is 30.6 Å². The second-order valence-electron chi connectivity index (χ2n) is 1.53. The fraction of sp³-hybridized carbons (Fsp3) is 0. The monoisotopic (exact) mass is 170 g/mol. The van der Waals surface area contributed by atoms with Gasteiger partial charge in [0.2, 0.25) is 0 Å². The molecule has 0 aliphatic rings.